The van der Waals surface area contributed by atoms with Crippen LogP contribution in [0.4, 0.5) is 0 Å². The predicted octanol–water partition coefficient (Wildman–Crippen LogP) is 2.12. The molecule has 0 bridgehead atoms. The van der Waals surface area contributed by atoms with Gasteiger partial charge in [0, 0.05) is 13.7 Å². The Labute approximate surface area is 110 Å². The molecule has 1 aliphatic rings. The average Bonchev–Trinajstić information content (AvgIpc) is 2.35. The summed E-state index contributed by atoms with van der Waals surface area (Å²) in [7, 11) is 3.20. The Hall–Kier alpha value is -0.610. The number of rotatable bonds is 9. The Bertz CT molecular complexity index is 251. The first-order valence-electron chi connectivity index (χ1n) is 6.97. The van der Waals surface area contributed by atoms with Crippen molar-refractivity contribution in [1.82, 2.24) is 5.32 Å². The molecule has 1 aliphatic carbocycles. The highest BCUT2D eigenvalue weighted by Crippen LogP contribution is 2.46. The molecule has 1 saturated carbocycles. The number of hydrogen-bond donors (Lipinski definition) is 1. The molecule has 1 atom stereocenters. The molecule has 0 aromatic rings. The summed E-state index contributed by atoms with van der Waals surface area (Å²) in [4.78, 5) is 11.4. The number of nitrogens with one attached hydrogen (secondary N) is 1. The molecule has 1 rings (SSSR count). The lowest BCUT2D eigenvalue weighted by atomic mass is 9.65. The molecule has 4 heteroatoms. The van der Waals surface area contributed by atoms with Crippen molar-refractivity contribution in [1.29, 1.82) is 0 Å². The van der Waals surface area contributed by atoms with Crippen LogP contribution in [-0.2, 0) is 14.3 Å². The summed E-state index contributed by atoms with van der Waals surface area (Å²) in [5, 5.41) is 3.31. The van der Waals surface area contributed by atoms with Crippen LogP contribution in [0.25, 0.3) is 0 Å². The third-order valence-corrected chi connectivity index (χ3v) is 4.19. The molecule has 0 aromatic carbocycles. The Morgan fingerprint density at radius 1 is 1.33 bits per heavy atom. The van der Waals surface area contributed by atoms with Gasteiger partial charge in [0.25, 0.3) is 0 Å². The Morgan fingerprint density at radius 3 is 2.50 bits per heavy atom. The summed E-state index contributed by atoms with van der Waals surface area (Å²) >= 11 is 0. The average molecular weight is 257 g/mol. The van der Waals surface area contributed by atoms with Gasteiger partial charge in [-0.15, -0.1) is 0 Å². The van der Waals surface area contributed by atoms with E-state index in [4.69, 9.17) is 9.47 Å². The Balaban J connectivity index is 2.28. The molecular formula is C14H27NO3. The molecule has 0 aliphatic heterocycles. The van der Waals surface area contributed by atoms with Crippen molar-refractivity contribution in [3.05, 3.63) is 0 Å². The first kappa shape index (κ1) is 15.4. The van der Waals surface area contributed by atoms with Crippen LogP contribution >= 0.6 is 0 Å². The number of ether oxygens (including phenoxy) is 2. The molecule has 0 heterocycles. The van der Waals surface area contributed by atoms with Crippen LogP contribution < -0.4 is 5.32 Å². The van der Waals surface area contributed by atoms with E-state index in [1.165, 1.54) is 26.4 Å². The fourth-order valence-electron chi connectivity index (χ4n) is 2.67. The summed E-state index contributed by atoms with van der Waals surface area (Å²) in [5.41, 5.74) is 0.456. The van der Waals surface area contributed by atoms with Gasteiger partial charge in [-0.05, 0) is 44.1 Å². The third-order valence-electron chi connectivity index (χ3n) is 4.19. The van der Waals surface area contributed by atoms with Crippen molar-refractivity contribution in [2.45, 2.75) is 51.5 Å². The van der Waals surface area contributed by atoms with Gasteiger partial charge in [0.2, 0.25) is 0 Å². The van der Waals surface area contributed by atoms with Crippen molar-refractivity contribution in [2.24, 2.45) is 5.41 Å². The molecule has 1 N–H and O–H groups in total. The van der Waals surface area contributed by atoms with E-state index in [1.54, 1.807) is 7.11 Å². The number of methoxy groups -OCH3 is 2. The van der Waals surface area contributed by atoms with Gasteiger partial charge in [-0.2, -0.15) is 0 Å². The number of carbonyl (C=O) groups excluding carboxylic acids is 1. The second kappa shape index (κ2) is 7.74. The Morgan fingerprint density at radius 2 is 2.06 bits per heavy atom. The van der Waals surface area contributed by atoms with Crippen molar-refractivity contribution in [3.8, 4) is 0 Å². The smallest absolute Gasteiger partial charge is 0.322 e. The first-order chi connectivity index (χ1) is 8.67. The summed E-state index contributed by atoms with van der Waals surface area (Å²) in [5.74, 6) is -0.156. The molecule has 1 fully saturated rings. The van der Waals surface area contributed by atoms with Gasteiger partial charge in [0.15, 0.2) is 0 Å². The van der Waals surface area contributed by atoms with E-state index < -0.39 is 0 Å². The van der Waals surface area contributed by atoms with Crippen LogP contribution in [0, 0.1) is 5.41 Å². The van der Waals surface area contributed by atoms with Crippen molar-refractivity contribution >= 4 is 5.97 Å². The molecule has 106 valence electrons. The molecule has 0 radical (unpaired) electrons. The van der Waals surface area contributed by atoms with Crippen molar-refractivity contribution in [2.75, 3.05) is 27.4 Å². The summed E-state index contributed by atoms with van der Waals surface area (Å²) in [6.07, 6.45) is 6.97. The van der Waals surface area contributed by atoms with E-state index in [2.05, 4.69) is 5.32 Å². The monoisotopic (exact) mass is 257 g/mol. The zero-order valence-corrected chi connectivity index (χ0v) is 12.0. The van der Waals surface area contributed by atoms with Gasteiger partial charge in [-0.1, -0.05) is 13.3 Å². The summed E-state index contributed by atoms with van der Waals surface area (Å²) < 4.78 is 9.95. The maximum Gasteiger partial charge on any atom is 0.322 e. The highest BCUT2D eigenvalue weighted by molar-refractivity contribution is 5.75. The van der Waals surface area contributed by atoms with E-state index >= 15 is 0 Å². The van der Waals surface area contributed by atoms with E-state index in [0.717, 1.165) is 32.4 Å². The predicted molar refractivity (Wildman–Crippen MR) is 71.5 cm³/mol. The molecule has 4 nitrogen and oxygen atoms in total. The van der Waals surface area contributed by atoms with Gasteiger partial charge in [0.05, 0.1) is 7.11 Å². The maximum atomic E-state index is 11.4. The fraction of sp³-hybridized carbons (Fsp3) is 0.929. The standard InChI is InChI=1S/C14H27NO3/c1-4-12(13(16)18-3)15-10-8-14(6-5-7-14)9-11-17-2/h12,15H,4-11H2,1-3H3. The largest absolute Gasteiger partial charge is 0.468 e. The van der Waals surface area contributed by atoms with Crippen LogP contribution in [-0.4, -0.2) is 39.4 Å². The molecule has 0 saturated heterocycles. The van der Waals surface area contributed by atoms with Crippen LogP contribution in [0.5, 0.6) is 0 Å². The minimum atomic E-state index is -0.158. The summed E-state index contributed by atoms with van der Waals surface area (Å²) in [6.45, 7) is 3.73. The topological polar surface area (TPSA) is 47.6 Å². The lowest BCUT2D eigenvalue weighted by Gasteiger charge is -2.42. The maximum absolute atomic E-state index is 11.4. The quantitative estimate of drug-likeness (QED) is 0.643. The second-order valence-electron chi connectivity index (χ2n) is 5.28. The highest BCUT2D eigenvalue weighted by atomic mass is 16.5. The molecule has 0 spiro atoms. The van der Waals surface area contributed by atoms with Crippen LogP contribution in [0.15, 0.2) is 0 Å². The van der Waals surface area contributed by atoms with E-state index in [1.807, 2.05) is 6.92 Å². The first-order valence-corrected chi connectivity index (χ1v) is 6.97. The van der Waals surface area contributed by atoms with Gasteiger partial charge < -0.3 is 14.8 Å². The zero-order valence-electron chi connectivity index (χ0n) is 12.0. The van der Waals surface area contributed by atoms with E-state index in [9.17, 15) is 4.79 Å². The second-order valence-corrected chi connectivity index (χ2v) is 5.28. The fourth-order valence-corrected chi connectivity index (χ4v) is 2.67. The molecule has 1 unspecified atom stereocenters. The van der Waals surface area contributed by atoms with Gasteiger partial charge in [0.1, 0.15) is 6.04 Å². The van der Waals surface area contributed by atoms with Crippen LogP contribution in [0.3, 0.4) is 0 Å². The highest BCUT2D eigenvalue weighted by Gasteiger charge is 2.36. The SMILES string of the molecule is CCC(NCCC1(CCOC)CCC1)C(=O)OC. The van der Waals surface area contributed by atoms with Crippen LogP contribution in [0.2, 0.25) is 0 Å². The van der Waals surface area contributed by atoms with E-state index in [0.29, 0.717) is 5.41 Å². The van der Waals surface area contributed by atoms with E-state index in [-0.39, 0.29) is 12.0 Å². The number of carbonyl (C=O) groups is 1. The lowest BCUT2D eigenvalue weighted by molar-refractivity contribution is -0.143. The minimum absolute atomic E-state index is 0.156. The molecule has 0 aromatic heterocycles. The lowest BCUT2D eigenvalue weighted by Crippen LogP contribution is -2.41. The van der Waals surface area contributed by atoms with Gasteiger partial charge >= 0.3 is 5.97 Å². The normalized spacial score (nSPS) is 19.1. The van der Waals surface area contributed by atoms with Crippen LogP contribution in [0.1, 0.15) is 45.4 Å². The van der Waals surface area contributed by atoms with Crippen molar-refractivity contribution in [3.63, 3.8) is 0 Å². The molecular weight excluding hydrogens is 230 g/mol. The molecule has 18 heavy (non-hydrogen) atoms. The molecule has 0 amide bonds. The van der Waals surface area contributed by atoms with Gasteiger partial charge in [-0.25, -0.2) is 0 Å². The third kappa shape index (κ3) is 4.25. The number of hydrogen-bond acceptors (Lipinski definition) is 4. The Kier molecular flexibility index (Phi) is 6.65. The summed E-state index contributed by atoms with van der Waals surface area (Å²) in [6, 6.07) is -0.158. The number of esters is 1. The minimum Gasteiger partial charge on any atom is -0.468 e. The van der Waals surface area contributed by atoms with Crippen molar-refractivity contribution < 1.29 is 14.3 Å². The zero-order chi connectivity index (χ0) is 13.4. The van der Waals surface area contributed by atoms with Gasteiger partial charge in [-0.3, -0.25) is 4.79 Å².